The third kappa shape index (κ3) is 5.21. The predicted octanol–water partition coefficient (Wildman–Crippen LogP) is 2.16. The van der Waals surface area contributed by atoms with E-state index in [1.165, 1.54) is 0 Å². The molecule has 0 radical (unpaired) electrons. The van der Waals surface area contributed by atoms with Crippen LogP contribution in [0.5, 0.6) is 5.75 Å². The minimum Gasteiger partial charge on any atom is -0.483 e. The molecule has 1 aliphatic rings. The van der Waals surface area contributed by atoms with Crippen molar-refractivity contribution in [1.82, 2.24) is 10.6 Å². The van der Waals surface area contributed by atoms with Crippen LogP contribution >= 0.6 is 12.4 Å². The largest absolute Gasteiger partial charge is 0.483 e. The fraction of sp³-hybridized carbons (Fsp3) is 0.562. The molecule has 5 heteroatoms. The van der Waals surface area contributed by atoms with E-state index in [2.05, 4.69) is 24.5 Å². The van der Waals surface area contributed by atoms with Crippen LogP contribution < -0.4 is 15.4 Å². The molecular weight excluding hydrogens is 288 g/mol. The maximum Gasteiger partial charge on any atom is 0.258 e. The summed E-state index contributed by atoms with van der Waals surface area (Å²) in [5.74, 6) is 1.24. The zero-order valence-electron chi connectivity index (χ0n) is 12.7. The predicted molar refractivity (Wildman–Crippen MR) is 87.1 cm³/mol. The Kier molecular flexibility index (Phi) is 7.54. The van der Waals surface area contributed by atoms with Crippen LogP contribution in [0.15, 0.2) is 24.3 Å². The van der Waals surface area contributed by atoms with Gasteiger partial charge in [0.1, 0.15) is 5.75 Å². The third-order valence-corrected chi connectivity index (χ3v) is 3.84. The number of ether oxygens (including phenoxy) is 1. The van der Waals surface area contributed by atoms with Crippen molar-refractivity contribution in [2.75, 3.05) is 19.7 Å². The Balaban J connectivity index is 0.00000220. The first-order valence-corrected chi connectivity index (χ1v) is 7.41. The second-order valence-electron chi connectivity index (χ2n) is 5.39. The molecule has 21 heavy (non-hydrogen) atoms. The van der Waals surface area contributed by atoms with Gasteiger partial charge < -0.3 is 15.4 Å². The van der Waals surface area contributed by atoms with E-state index < -0.39 is 0 Å². The Hall–Kier alpha value is -1.26. The molecule has 1 saturated heterocycles. The molecular formula is C16H25ClN2O2. The van der Waals surface area contributed by atoms with Gasteiger partial charge in [-0.1, -0.05) is 32.0 Å². The van der Waals surface area contributed by atoms with Crippen molar-refractivity contribution in [3.8, 4) is 5.75 Å². The van der Waals surface area contributed by atoms with Gasteiger partial charge in [0.2, 0.25) is 0 Å². The van der Waals surface area contributed by atoms with Crippen molar-refractivity contribution >= 4 is 18.3 Å². The molecule has 1 heterocycles. The van der Waals surface area contributed by atoms with Crippen molar-refractivity contribution < 1.29 is 9.53 Å². The lowest BCUT2D eigenvalue weighted by Crippen LogP contribution is -2.49. The molecule has 1 amide bonds. The fourth-order valence-electron chi connectivity index (χ4n) is 2.56. The number of amides is 1. The van der Waals surface area contributed by atoms with E-state index in [-0.39, 0.29) is 31.0 Å². The first-order valence-electron chi connectivity index (χ1n) is 7.41. The molecule has 118 valence electrons. The summed E-state index contributed by atoms with van der Waals surface area (Å²) in [6, 6.07) is 8.12. The van der Waals surface area contributed by atoms with E-state index in [0.29, 0.717) is 5.92 Å². The van der Waals surface area contributed by atoms with E-state index in [1.807, 2.05) is 24.3 Å². The Bertz CT molecular complexity index is 454. The van der Waals surface area contributed by atoms with Gasteiger partial charge in [-0.2, -0.15) is 0 Å². The van der Waals surface area contributed by atoms with Crippen LogP contribution in [0.1, 0.15) is 25.8 Å². The smallest absolute Gasteiger partial charge is 0.258 e. The van der Waals surface area contributed by atoms with Crippen molar-refractivity contribution in [2.45, 2.75) is 32.7 Å². The molecule has 2 unspecified atom stereocenters. The molecule has 1 aliphatic heterocycles. The van der Waals surface area contributed by atoms with E-state index in [0.717, 1.165) is 37.2 Å². The lowest BCUT2D eigenvalue weighted by atomic mass is 9.95. The van der Waals surface area contributed by atoms with Crippen LogP contribution in [-0.4, -0.2) is 31.6 Å². The maximum atomic E-state index is 12.0. The number of halogens is 1. The van der Waals surface area contributed by atoms with Gasteiger partial charge in [0.15, 0.2) is 6.61 Å². The molecule has 4 nitrogen and oxygen atoms in total. The zero-order valence-corrected chi connectivity index (χ0v) is 13.5. The first-order chi connectivity index (χ1) is 9.70. The number of para-hydroxylation sites is 1. The van der Waals surface area contributed by atoms with Crippen molar-refractivity contribution in [1.29, 1.82) is 0 Å². The number of benzene rings is 1. The van der Waals surface area contributed by atoms with Crippen molar-refractivity contribution in [3.63, 3.8) is 0 Å². The molecule has 1 aromatic rings. The molecule has 1 fully saturated rings. The van der Waals surface area contributed by atoms with Gasteiger partial charge in [0.25, 0.3) is 5.91 Å². The number of nitrogens with one attached hydrogen (secondary N) is 2. The average Bonchev–Trinajstić information content (AvgIpc) is 2.48. The number of rotatable bonds is 5. The normalized spacial score (nSPS) is 21.2. The number of aryl methyl sites for hydroxylation is 1. The second-order valence-corrected chi connectivity index (χ2v) is 5.39. The summed E-state index contributed by atoms with van der Waals surface area (Å²) in [5, 5.41) is 6.40. The van der Waals surface area contributed by atoms with Gasteiger partial charge in [-0.05, 0) is 43.5 Å². The van der Waals surface area contributed by atoms with Crippen LogP contribution in [0.3, 0.4) is 0 Å². The lowest BCUT2D eigenvalue weighted by Gasteiger charge is -2.30. The number of hydrogen-bond acceptors (Lipinski definition) is 3. The Morgan fingerprint density at radius 1 is 1.43 bits per heavy atom. The van der Waals surface area contributed by atoms with Crippen LogP contribution in [0.2, 0.25) is 0 Å². The van der Waals surface area contributed by atoms with E-state index in [1.54, 1.807) is 0 Å². The highest BCUT2D eigenvalue weighted by molar-refractivity contribution is 5.85. The number of carbonyl (C=O) groups is 1. The Morgan fingerprint density at radius 2 is 2.19 bits per heavy atom. The van der Waals surface area contributed by atoms with Crippen LogP contribution in [0.25, 0.3) is 0 Å². The van der Waals surface area contributed by atoms with E-state index in [4.69, 9.17) is 4.74 Å². The quantitative estimate of drug-likeness (QED) is 0.876. The SMILES string of the molecule is CCc1ccccc1OCC(=O)NC1CCNCC1C.Cl. The standard InChI is InChI=1S/C16H24N2O2.ClH/c1-3-13-6-4-5-7-15(13)20-11-16(19)18-14-8-9-17-10-12(14)2;/h4-7,12,14,17H,3,8-11H2,1-2H3,(H,18,19);1H. The zero-order chi connectivity index (χ0) is 14.4. The molecule has 2 atom stereocenters. The average molecular weight is 313 g/mol. The summed E-state index contributed by atoms with van der Waals surface area (Å²) in [6.07, 6.45) is 1.89. The van der Waals surface area contributed by atoms with Gasteiger partial charge in [-0.3, -0.25) is 4.79 Å². The highest BCUT2D eigenvalue weighted by Crippen LogP contribution is 2.18. The molecule has 0 bridgehead atoms. The highest BCUT2D eigenvalue weighted by atomic mass is 35.5. The second kappa shape index (κ2) is 8.90. The molecule has 1 aromatic carbocycles. The van der Waals surface area contributed by atoms with Crippen molar-refractivity contribution in [3.05, 3.63) is 29.8 Å². The lowest BCUT2D eigenvalue weighted by molar-refractivity contribution is -0.124. The summed E-state index contributed by atoms with van der Waals surface area (Å²) in [4.78, 5) is 12.0. The molecule has 0 spiro atoms. The van der Waals surface area contributed by atoms with Gasteiger partial charge in [-0.15, -0.1) is 12.4 Å². The summed E-state index contributed by atoms with van der Waals surface area (Å²) in [6.45, 7) is 6.26. The topological polar surface area (TPSA) is 50.4 Å². The molecule has 0 aromatic heterocycles. The Morgan fingerprint density at radius 3 is 2.90 bits per heavy atom. The van der Waals surface area contributed by atoms with Crippen LogP contribution in [0, 0.1) is 5.92 Å². The summed E-state index contributed by atoms with van der Waals surface area (Å²) in [5.41, 5.74) is 1.13. The van der Waals surface area contributed by atoms with Gasteiger partial charge in [-0.25, -0.2) is 0 Å². The molecule has 0 saturated carbocycles. The minimum atomic E-state index is -0.0327. The highest BCUT2D eigenvalue weighted by Gasteiger charge is 2.22. The van der Waals surface area contributed by atoms with Crippen molar-refractivity contribution in [2.24, 2.45) is 5.92 Å². The van der Waals surface area contributed by atoms with Crippen LogP contribution in [-0.2, 0) is 11.2 Å². The number of carbonyl (C=O) groups excluding carboxylic acids is 1. The number of hydrogen-bond donors (Lipinski definition) is 2. The minimum absolute atomic E-state index is 0. The van der Waals surface area contributed by atoms with E-state index >= 15 is 0 Å². The van der Waals surface area contributed by atoms with Gasteiger partial charge in [0.05, 0.1) is 0 Å². The van der Waals surface area contributed by atoms with Gasteiger partial charge >= 0.3 is 0 Å². The molecule has 2 rings (SSSR count). The van der Waals surface area contributed by atoms with E-state index in [9.17, 15) is 4.79 Å². The number of piperidine rings is 1. The monoisotopic (exact) mass is 312 g/mol. The molecule has 2 N–H and O–H groups in total. The summed E-state index contributed by atoms with van der Waals surface area (Å²) < 4.78 is 5.64. The summed E-state index contributed by atoms with van der Waals surface area (Å²) in [7, 11) is 0. The molecule has 0 aliphatic carbocycles. The maximum absolute atomic E-state index is 12.0. The van der Waals surface area contributed by atoms with Gasteiger partial charge in [0, 0.05) is 6.04 Å². The first kappa shape index (κ1) is 17.8. The van der Waals surface area contributed by atoms with Crippen LogP contribution in [0.4, 0.5) is 0 Å². The Labute approximate surface area is 133 Å². The fourth-order valence-corrected chi connectivity index (χ4v) is 2.56. The summed E-state index contributed by atoms with van der Waals surface area (Å²) >= 11 is 0. The third-order valence-electron chi connectivity index (χ3n) is 3.84.